The molecule has 0 spiro atoms. The largest absolute Gasteiger partial charge is 0.507 e. The number of carbonyl (C=O) groups excluding carboxylic acids is 1. The molecule has 0 saturated carbocycles. The fourth-order valence-electron chi connectivity index (χ4n) is 1.22. The van der Waals surface area contributed by atoms with E-state index in [4.69, 9.17) is 5.11 Å². The second-order valence-corrected chi connectivity index (χ2v) is 3.30. The number of hydrogen-bond acceptors (Lipinski definition) is 3. The van der Waals surface area contributed by atoms with Gasteiger partial charge in [-0.25, -0.2) is 0 Å². The zero-order valence-corrected chi connectivity index (χ0v) is 8.66. The predicted molar refractivity (Wildman–Crippen MR) is 56.9 cm³/mol. The summed E-state index contributed by atoms with van der Waals surface area (Å²) in [6.07, 6.45) is 0.512. The number of aliphatic hydroxyl groups is 1. The Morgan fingerprint density at radius 3 is 2.87 bits per heavy atom. The molecule has 0 aliphatic carbocycles. The van der Waals surface area contributed by atoms with Crippen molar-refractivity contribution in [3.05, 3.63) is 29.3 Å². The summed E-state index contributed by atoms with van der Waals surface area (Å²) >= 11 is 0. The molecule has 82 valence electrons. The molecule has 0 atom stereocenters. The minimum Gasteiger partial charge on any atom is -0.507 e. The first-order valence-electron chi connectivity index (χ1n) is 4.84. The summed E-state index contributed by atoms with van der Waals surface area (Å²) in [5.74, 6) is -0.302. The molecule has 1 aromatic rings. The van der Waals surface area contributed by atoms with E-state index in [-0.39, 0.29) is 23.8 Å². The minimum absolute atomic E-state index is 0.0130. The van der Waals surface area contributed by atoms with Gasteiger partial charge in [0.25, 0.3) is 5.91 Å². The first-order chi connectivity index (χ1) is 7.16. The van der Waals surface area contributed by atoms with Crippen molar-refractivity contribution < 1.29 is 15.0 Å². The number of benzene rings is 1. The van der Waals surface area contributed by atoms with E-state index in [0.717, 1.165) is 0 Å². The Balaban J connectivity index is 2.69. The first kappa shape index (κ1) is 11.5. The SMILES string of the molecule is Cc1cccc(C(=O)NCCCO)c1O. The van der Waals surface area contributed by atoms with E-state index in [0.29, 0.717) is 18.5 Å². The molecule has 1 rings (SSSR count). The van der Waals surface area contributed by atoms with Crippen molar-refractivity contribution in [2.75, 3.05) is 13.2 Å². The van der Waals surface area contributed by atoms with Crippen molar-refractivity contribution >= 4 is 5.91 Å². The molecule has 1 aromatic carbocycles. The van der Waals surface area contributed by atoms with Crippen LogP contribution >= 0.6 is 0 Å². The highest BCUT2D eigenvalue weighted by molar-refractivity contribution is 5.97. The van der Waals surface area contributed by atoms with Gasteiger partial charge in [0.05, 0.1) is 5.56 Å². The van der Waals surface area contributed by atoms with Gasteiger partial charge in [0.1, 0.15) is 5.75 Å². The summed E-state index contributed by atoms with van der Waals surface area (Å²) in [7, 11) is 0. The van der Waals surface area contributed by atoms with E-state index in [1.807, 2.05) is 0 Å². The number of para-hydroxylation sites is 1. The Bertz CT molecular complexity index is 350. The lowest BCUT2D eigenvalue weighted by atomic mass is 10.1. The summed E-state index contributed by atoms with van der Waals surface area (Å²) in [6.45, 7) is 2.18. The third kappa shape index (κ3) is 2.95. The Hall–Kier alpha value is -1.55. The number of amides is 1. The van der Waals surface area contributed by atoms with Crippen molar-refractivity contribution in [1.29, 1.82) is 0 Å². The number of phenols is 1. The van der Waals surface area contributed by atoms with E-state index >= 15 is 0 Å². The maximum Gasteiger partial charge on any atom is 0.255 e. The normalized spacial score (nSPS) is 10.0. The smallest absolute Gasteiger partial charge is 0.255 e. The fourth-order valence-corrected chi connectivity index (χ4v) is 1.22. The van der Waals surface area contributed by atoms with Gasteiger partial charge in [-0.05, 0) is 25.0 Å². The Kier molecular flexibility index (Phi) is 4.12. The van der Waals surface area contributed by atoms with Gasteiger partial charge in [0.2, 0.25) is 0 Å². The Morgan fingerprint density at radius 2 is 2.20 bits per heavy atom. The van der Waals surface area contributed by atoms with E-state index in [2.05, 4.69) is 5.32 Å². The zero-order valence-electron chi connectivity index (χ0n) is 8.66. The number of phenolic OH excluding ortho intramolecular Hbond substituents is 1. The highest BCUT2D eigenvalue weighted by Gasteiger charge is 2.11. The average molecular weight is 209 g/mol. The number of hydrogen-bond donors (Lipinski definition) is 3. The fraction of sp³-hybridized carbons (Fsp3) is 0.364. The molecule has 0 fully saturated rings. The molecule has 4 nitrogen and oxygen atoms in total. The third-order valence-electron chi connectivity index (χ3n) is 2.10. The van der Waals surface area contributed by atoms with Crippen LogP contribution in [0.1, 0.15) is 22.3 Å². The van der Waals surface area contributed by atoms with Gasteiger partial charge in [-0.2, -0.15) is 0 Å². The molecule has 0 saturated heterocycles. The van der Waals surface area contributed by atoms with Crippen molar-refractivity contribution in [2.24, 2.45) is 0 Å². The predicted octanol–water partition coefficient (Wildman–Crippen LogP) is 0.813. The number of aryl methyl sites for hydroxylation is 1. The van der Waals surface area contributed by atoms with Crippen molar-refractivity contribution in [2.45, 2.75) is 13.3 Å². The van der Waals surface area contributed by atoms with Crippen LogP contribution < -0.4 is 5.32 Å². The molecular weight excluding hydrogens is 194 g/mol. The highest BCUT2D eigenvalue weighted by atomic mass is 16.3. The molecule has 3 N–H and O–H groups in total. The van der Waals surface area contributed by atoms with E-state index in [1.54, 1.807) is 25.1 Å². The van der Waals surface area contributed by atoms with Gasteiger partial charge in [-0.3, -0.25) is 4.79 Å². The zero-order chi connectivity index (χ0) is 11.3. The molecule has 0 unspecified atom stereocenters. The summed E-state index contributed by atoms with van der Waals surface area (Å²) < 4.78 is 0. The molecule has 0 heterocycles. The van der Waals surface area contributed by atoms with Crippen LogP contribution in [0.15, 0.2) is 18.2 Å². The van der Waals surface area contributed by atoms with Crippen LogP contribution in [0.3, 0.4) is 0 Å². The summed E-state index contributed by atoms with van der Waals surface area (Å²) in [5.41, 5.74) is 0.942. The quantitative estimate of drug-likeness (QED) is 0.643. The van der Waals surface area contributed by atoms with Crippen molar-refractivity contribution in [1.82, 2.24) is 5.32 Å². The monoisotopic (exact) mass is 209 g/mol. The molecule has 4 heteroatoms. The van der Waals surface area contributed by atoms with Gasteiger partial charge in [-0.15, -0.1) is 0 Å². The lowest BCUT2D eigenvalue weighted by Gasteiger charge is -2.07. The van der Waals surface area contributed by atoms with Gasteiger partial charge < -0.3 is 15.5 Å². The molecule has 0 bridgehead atoms. The summed E-state index contributed by atoms with van der Waals surface area (Å²) in [6, 6.07) is 5.02. The topological polar surface area (TPSA) is 69.6 Å². The molecule has 15 heavy (non-hydrogen) atoms. The summed E-state index contributed by atoms with van der Waals surface area (Å²) in [4.78, 5) is 11.5. The van der Waals surface area contributed by atoms with Gasteiger partial charge in [0, 0.05) is 13.2 Å². The number of aliphatic hydroxyl groups excluding tert-OH is 1. The maximum absolute atomic E-state index is 11.5. The second kappa shape index (κ2) is 5.36. The highest BCUT2D eigenvalue weighted by Crippen LogP contribution is 2.20. The van der Waals surface area contributed by atoms with Crippen LogP contribution in [0.4, 0.5) is 0 Å². The van der Waals surface area contributed by atoms with Gasteiger partial charge >= 0.3 is 0 Å². The number of carbonyl (C=O) groups is 1. The molecule has 1 amide bonds. The van der Waals surface area contributed by atoms with Crippen LogP contribution in [0.25, 0.3) is 0 Å². The molecule has 0 aliphatic rings. The second-order valence-electron chi connectivity index (χ2n) is 3.30. The Morgan fingerprint density at radius 1 is 1.47 bits per heavy atom. The third-order valence-corrected chi connectivity index (χ3v) is 2.10. The van der Waals surface area contributed by atoms with Gasteiger partial charge in [-0.1, -0.05) is 12.1 Å². The molecule has 0 radical (unpaired) electrons. The van der Waals surface area contributed by atoms with Crippen LogP contribution in [0.5, 0.6) is 5.75 Å². The van der Waals surface area contributed by atoms with Crippen molar-refractivity contribution in [3.8, 4) is 5.75 Å². The summed E-state index contributed by atoms with van der Waals surface area (Å²) in [5, 5.41) is 20.8. The van der Waals surface area contributed by atoms with Crippen LogP contribution in [-0.2, 0) is 0 Å². The van der Waals surface area contributed by atoms with Crippen LogP contribution in [-0.4, -0.2) is 29.3 Å². The molecule has 0 aliphatic heterocycles. The van der Waals surface area contributed by atoms with Crippen LogP contribution in [0.2, 0.25) is 0 Å². The Labute approximate surface area is 88.6 Å². The molecule has 0 aromatic heterocycles. The van der Waals surface area contributed by atoms with Gasteiger partial charge in [0.15, 0.2) is 0 Å². The number of aromatic hydroxyl groups is 1. The standard InChI is InChI=1S/C11H15NO3/c1-8-4-2-5-9(10(8)14)11(15)12-6-3-7-13/h2,4-5,13-14H,3,6-7H2,1H3,(H,12,15). The maximum atomic E-state index is 11.5. The minimum atomic E-state index is -0.315. The average Bonchev–Trinajstić information content (AvgIpc) is 2.22. The van der Waals surface area contributed by atoms with Crippen LogP contribution in [0, 0.1) is 6.92 Å². The van der Waals surface area contributed by atoms with E-state index in [1.165, 1.54) is 0 Å². The first-order valence-corrected chi connectivity index (χ1v) is 4.84. The lowest BCUT2D eigenvalue weighted by Crippen LogP contribution is -2.25. The van der Waals surface area contributed by atoms with Crippen molar-refractivity contribution in [3.63, 3.8) is 0 Å². The number of rotatable bonds is 4. The van der Waals surface area contributed by atoms with E-state index in [9.17, 15) is 9.90 Å². The molecular formula is C11H15NO3. The van der Waals surface area contributed by atoms with E-state index < -0.39 is 0 Å². The lowest BCUT2D eigenvalue weighted by molar-refractivity contribution is 0.0948. The number of nitrogens with one attached hydrogen (secondary N) is 1.